The highest BCUT2D eigenvalue weighted by Crippen LogP contribution is 2.21. The Morgan fingerprint density at radius 2 is 1.87 bits per heavy atom. The Balaban J connectivity index is 2.18. The van der Waals surface area contributed by atoms with Crippen molar-refractivity contribution in [1.82, 2.24) is 33.6 Å². The molecule has 4 heterocycles. The molecular formula is C14H13N7O2. The lowest BCUT2D eigenvalue weighted by Crippen LogP contribution is -2.37. The summed E-state index contributed by atoms with van der Waals surface area (Å²) < 4.78 is 4.06. The summed E-state index contributed by atoms with van der Waals surface area (Å²) in [4.78, 5) is 40.2. The standard InChI is InChI=1S/C14H13N7O2/c1-7-4-8-10(18-7)15-5-16-11(8)21-6-17-9-12(21)19(2)14(23)20(3)13(9)22/h4-6H,1-3H3,(H,15,16,18). The van der Waals surface area contributed by atoms with Crippen molar-refractivity contribution in [2.45, 2.75) is 6.92 Å². The van der Waals surface area contributed by atoms with Crippen molar-refractivity contribution in [3.05, 3.63) is 45.3 Å². The van der Waals surface area contributed by atoms with Gasteiger partial charge in [-0.05, 0) is 13.0 Å². The summed E-state index contributed by atoms with van der Waals surface area (Å²) in [6, 6.07) is 1.91. The normalized spacial score (nSPS) is 11.6. The number of fused-ring (bicyclic) bond motifs is 2. The Kier molecular flexibility index (Phi) is 2.56. The van der Waals surface area contributed by atoms with Crippen LogP contribution in [-0.2, 0) is 14.1 Å². The summed E-state index contributed by atoms with van der Waals surface area (Å²) in [5.41, 5.74) is 1.39. The third-order valence-corrected chi connectivity index (χ3v) is 3.91. The van der Waals surface area contributed by atoms with Crippen molar-refractivity contribution in [3.63, 3.8) is 0 Å². The molecule has 0 aromatic carbocycles. The number of rotatable bonds is 1. The van der Waals surface area contributed by atoms with Crippen LogP contribution in [0.3, 0.4) is 0 Å². The van der Waals surface area contributed by atoms with Crippen LogP contribution < -0.4 is 11.2 Å². The molecule has 0 aliphatic rings. The summed E-state index contributed by atoms with van der Waals surface area (Å²) in [5, 5.41) is 0.789. The molecule has 9 nitrogen and oxygen atoms in total. The maximum atomic E-state index is 12.2. The first-order chi connectivity index (χ1) is 11.0. The van der Waals surface area contributed by atoms with Gasteiger partial charge in [-0.2, -0.15) is 0 Å². The second-order valence-corrected chi connectivity index (χ2v) is 5.40. The number of H-pyrrole nitrogens is 1. The van der Waals surface area contributed by atoms with E-state index in [4.69, 9.17) is 0 Å². The van der Waals surface area contributed by atoms with Crippen LogP contribution in [0.25, 0.3) is 28.0 Å². The fourth-order valence-corrected chi connectivity index (χ4v) is 2.78. The van der Waals surface area contributed by atoms with Crippen LogP contribution >= 0.6 is 0 Å². The molecule has 0 unspecified atom stereocenters. The van der Waals surface area contributed by atoms with Crippen LogP contribution in [0.5, 0.6) is 0 Å². The van der Waals surface area contributed by atoms with E-state index in [1.807, 2.05) is 13.0 Å². The Morgan fingerprint density at radius 1 is 1.09 bits per heavy atom. The fourth-order valence-electron chi connectivity index (χ4n) is 2.78. The van der Waals surface area contributed by atoms with Gasteiger partial charge in [-0.25, -0.2) is 19.7 Å². The molecule has 0 aliphatic carbocycles. The van der Waals surface area contributed by atoms with Crippen LogP contribution in [0.1, 0.15) is 5.69 Å². The molecule has 0 saturated carbocycles. The van der Waals surface area contributed by atoms with Crippen molar-refractivity contribution in [1.29, 1.82) is 0 Å². The number of imidazole rings is 1. The van der Waals surface area contributed by atoms with Gasteiger partial charge in [0.25, 0.3) is 5.56 Å². The average molecular weight is 311 g/mol. The maximum Gasteiger partial charge on any atom is 0.332 e. The summed E-state index contributed by atoms with van der Waals surface area (Å²) in [5.74, 6) is 0.560. The molecule has 0 aliphatic heterocycles. The zero-order chi connectivity index (χ0) is 16.3. The second-order valence-electron chi connectivity index (χ2n) is 5.40. The van der Waals surface area contributed by atoms with Crippen molar-refractivity contribution in [2.24, 2.45) is 14.1 Å². The van der Waals surface area contributed by atoms with E-state index in [0.717, 1.165) is 15.6 Å². The lowest BCUT2D eigenvalue weighted by Gasteiger charge is -2.08. The highest BCUT2D eigenvalue weighted by Gasteiger charge is 2.17. The number of hydrogen-bond acceptors (Lipinski definition) is 5. The van der Waals surface area contributed by atoms with Gasteiger partial charge >= 0.3 is 5.69 Å². The van der Waals surface area contributed by atoms with Crippen LogP contribution in [0.2, 0.25) is 0 Å². The Hall–Kier alpha value is -3.23. The summed E-state index contributed by atoms with van der Waals surface area (Å²) in [6.45, 7) is 1.92. The number of aromatic nitrogens is 7. The van der Waals surface area contributed by atoms with Gasteiger partial charge in [-0.3, -0.25) is 18.5 Å². The van der Waals surface area contributed by atoms with E-state index in [9.17, 15) is 9.59 Å². The van der Waals surface area contributed by atoms with E-state index < -0.39 is 11.2 Å². The third-order valence-electron chi connectivity index (χ3n) is 3.91. The van der Waals surface area contributed by atoms with Gasteiger partial charge < -0.3 is 4.98 Å². The SMILES string of the molecule is Cc1cc2c(-n3cnc4c(=O)n(C)c(=O)n(C)c43)ncnc2[nH]1. The van der Waals surface area contributed by atoms with E-state index in [0.29, 0.717) is 17.1 Å². The molecule has 23 heavy (non-hydrogen) atoms. The summed E-state index contributed by atoms with van der Waals surface area (Å²) in [7, 11) is 3.03. The average Bonchev–Trinajstić information content (AvgIpc) is 3.13. The van der Waals surface area contributed by atoms with E-state index in [1.165, 1.54) is 24.3 Å². The molecule has 116 valence electrons. The van der Waals surface area contributed by atoms with Gasteiger partial charge in [0.15, 0.2) is 17.0 Å². The molecule has 0 fully saturated rings. The Bertz CT molecular complexity index is 1190. The van der Waals surface area contributed by atoms with Gasteiger partial charge in [0.1, 0.15) is 18.3 Å². The van der Waals surface area contributed by atoms with Gasteiger partial charge in [0.05, 0.1) is 5.39 Å². The van der Waals surface area contributed by atoms with E-state index in [2.05, 4.69) is 19.9 Å². The molecular weight excluding hydrogens is 298 g/mol. The third kappa shape index (κ3) is 1.70. The molecule has 0 atom stereocenters. The summed E-state index contributed by atoms with van der Waals surface area (Å²) in [6.07, 6.45) is 2.92. The largest absolute Gasteiger partial charge is 0.343 e. The van der Waals surface area contributed by atoms with Crippen molar-refractivity contribution in [3.8, 4) is 5.82 Å². The minimum absolute atomic E-state index is 0.216. The monoisotopic (exact) mass is 311 g/mol. The maximum absolute atomic E-state index is 12.2. The molecule has 0 bridgehead atoms. The quantitative estimate of drug-likeness (QED) is 0.533. The number of hydrogen-bond donors (Lipinski definition) is 1. The Labute approximate surface area is 128 Å². The molecule has 1 N–H and O–H groups in total. The van der Waals surface area contributed by atoms with Crippen LogP contribution in [0, 0.1) is 6.92 Å². The predicted octanol–water partition coefficient (Wildman–Crippen LogP) is 0.00262. The fraction of sp³-hybridized carbons (Fsp3) is 0.214. The molecule has 4 rings (SSSR count). The zero-order valence-electron chi connectivity index (χ0n) is 12.7. The van der Waals surface area contributed by atoms with E-state index in [1.54, 1.807) is 11.6 Å². The Morgan fingerprint density at radius 3 is 2.65 bits per heavy atom. The van der Waals surface area contributed by atoms with Gasteiger partial charge in [-0.1, -0.05) is 0 Å². The van der Waals surface area contributed by atoms with E-state index in [-0.39, 0.29) is 5.52 Å². The van der Waals surface area contributed by atoms with Crippen molar-refractivity contribution >= 4 is 22.2 Å². The zero-order valence-corrected chi connectivity index (χ0v) is 12.7. The predicted molar refractivity (Wildman–Crippen MR) is 83.7 cm³/mol. The van der Waals surface area contributed by atoms with Gasteiger partial charge in [0, 0.05) is 19.8 Å². The van der Waals surface area contributed by atoms with E-state index >= 15 is 0 Å². The topological polar surface area (TPSA) is 103 Å². The highest BCUT2D eigenvalue weighted by atomic mass is 16.2. The second kappa shape index (κ2) is 4.38. The first-order valence-corrected chi connectivity index (χ1v) is 6.93. The number of aryl methyl sites for hydroxylation is 2. The summed E-state index contributed by atoms with van der Waals surface area (Å²) >= 11 is 0. The van der Waals surface area contributed by atoms with Crippen LogP contribution in [0.15, 0.2) is 28.3 Å². The van der Waals surface area contributed by atoms with Gasteiger partial charge in [-0.15, -0.1) is 0 Å². The lowest BCUT2D eigenvalue weighted by molar-refractivity contribution is 0.703. The van der Waals surface area contributed by atoms with Crippen LogP contribution in [-0.4, -0.2) is 33.6 Å². The first-order valence-electron chi connectivity index (χ1n) is 6.93. The number of nitrogens with zero attached hydrogens (tertiary/aromatic N) is 6. The molecule has 0 radical (unpaired) electrons. The lowest BCUT2D eigenvalue weighted by atomic mass is 10.3. The van der Waals surface area contributed by atoms with Crippen molar-refractivity contribution < 1.29 is 0 Å². The minimum atomic E-state index is -0.433. The molecule has 0 amide bonds. The minimum Gasteiger partial charge on any atom is -0.343 e. The molecule has 9 heteroatoms. The smallest absolute Gasteiger partial charge is 0.332 e. The highest BCUT2D eigenvalue weighted by molar-refractivity contribution is 5.86. The van der Waals surface area contributed by atoms with Gasteiger partial charge in [0.2, 0.25) is 0 Å². The molecule has 4 aromatic rings. The number of nitrogens with one attached hydrogen (secondary N) is 1. The molecule has 4 aromatic heterocycles. The van der Waals surface area contributed by atoms with Crippen molar-refractivity contribution in [2.75, 3.05) is 0 Å². The van der Waals surface area contributed by atoms with Crippen LogP contribution in [0.4, 0.5) is 0 Å². The number of aromatic amines is 1. The molecule has 0 spiro atoms. The molecule has 0 saturated heterocycles. The first kappa shape index (κ1) is 13.4.